The number of carbonyl (C=O) groups is 1. The average Bonchev–Trinajstić information content (AvgIpc) is 2.59. The van der Waals surface area contributed by atoms with Gasteiger partial charge in [-0.2, -0.15) is 17.0 Å². The molecule has 0 aliphatic carbocycles. The predicted molar refractivity (Wildman–Crippen MR) is 177 cm³/mol. The van der Waals surface area contributed by atoms with Crippen molar-refractivity contribution in [3.8, 4) is 6.07 Å². The molecular formula is C28H63FN2O3S3. The van der Waals surface area contributed by atoms with Gasteiger partial charge in [0.15, 0.2) is 0 Å². The number of thioether (sulfide) groups is 1. The van der Waals surface area contributed by atoms with E-state index in [0.717, 1.165) is 10.6 Å². The highest BCUT2D eigenvalue weighted by Gasteiger charge is 2.04. The summed E-state index contributed by atoms with van der Waals surface area (Å²) in [6.07, 6.45) is 5.40. The van der Waals surface area contributed by atoms with Crippen LogP contribution in [0.5, 0.6) is 0 Å². The molecule has 0 radical (unpaired) electrons. The van der Waals surface area contributed by atoms with Crippen LogP contribution in [0, 0.1) is 11.3 Å². The van der Waals surface area contributed by atoms with Crippen LogP contribution >= 0.6 is 24.0 Å². The van der Waals surface area contributed by atoms with Gasteiger partial charge >= 0.3 is 0 Å². The number of nitriles is 1. The summed E-state index contributed by atoms with van der Waals surface area (Å²) in [5.41, 5.74) is 0.171. The van der Waals surface area contributed by atoms with Crippen molar-refractivity contribution in [3.05, 3.63) is 0 Å². The van der Waals surface area contributed by atoms with Gasteiger partial charge in [0.25, 0.3) is 0 Å². The van der Waals surface area contributed by atoms with E-state index in [0.29, 0.717) is 4.75 Å². The van der Waals surface area contributed by atoms with Crippen molar-refractivity contribution in [1.29, 1.82) is 5.26 Å². The molecule has 0 N–H and O–H groups in total. The van der Waals surface area contributed by atoms with E-state index in [1.54, 1.807) is 32.7 Å². The van der Waals surface area contributed by atoms with Crippen LogP contribution in [0.3, 0.4) is 0 Å². The predicted octanol–water partition coefficient (Wildman–Crippen LogP) is 8.95. The van der Waals surface area contributed by atoms with Gasteiger partial charge < -0.3 is 9.53 Å². The molecule has 0 aliphatic heterocycles. The minimum absolute atomic E-state index is 0.0417. The fourth-order valence-electron chi connectivity index (χ4n) is 0. The number of Topliss-reactive ketones (excluding diaryl/α,β-unsaturated/α-hetero) is 1. The van der Waals surface area contributed by atoms with E-state index >= 15 is 0 Å². The topological polar surface area (TPSA) is 79.5 Å². The SMILES string of the molecule is CC#N.CC(C)(C)F.CC(C)=O.CC(C)=S.CN=C(C)C.COC(C)(C)C.CS(C)=O.CSC(C)(C)C. The van der Waals surface area contributed by atoms with Crippen molar-refractivity contribution >= 4 is 51.1 Å². The lowest BCUT2D eigenvalue weighted by molar-refractivity contribution is -0.115. The van der Waals surface area contributed by atoms with Crippen LogP contribution in [0.4, 0.5) is 4.39 Å². The second-order valence-corrected chi connectivity index (χ2v) is 14.6. The van der Waals surface area contributed by atoms with Gasteiger partial charge in [-0.25, -0.2) is 4.39 Å². The van der Waals surface area contributed by atoms with E-state index < -0.39 is 16.5 Å². The summed E-state index contributed by atoms with van der Waals surface area (Å²) in [7, 11) is 2.88. The number of hydrogen-bond acceptors (Lipinski definition) is 7. The van der Waals surface area contributed by atoms with Crippen LogP contribution in [0.25, 0.3) is 0 Å². The number of methoxy groups -OCH3 is 1. The van der Waals surface area contributed by atoms with Gasteiger partial charge in [0.05, 0.1) is 11.7 Å². The van der Waals surface area contributed by atoms with Gasteiger partial charge in [-0.05, 0) is 94.2 Å². The Hall–Kier alpha value is -0.690. The first-order chi connectivity index (χ1) is 16.0. The van der Waals surface area contributed by atoms with Crippen LogP contribution in [0.2, 0.25) is 0 Å². The van der Waals surface area contributed by atoms with E-state index in [4.69, 9.17) is 10.00 Å². The molecule has 0 aromatic heterocycles. The molecule has 0 atom stereocenters. The molecule has 0 bridgehead atoms. The van der Waals surface area contributed by atoms with Gasteiger partial charge in [-0.15, -0.1) is 0 Å². The van der Waals surface area contributed by atoms with E-state index in [1.165, 1.54) is 41.5 Å². The molecule has 0 spiro atoms. The Morgan fingerprint density at radius 1 is 0.946 bits per heavy atom. The Morgan fingerprint density at radius 2 is 1.03 bits per heavy atom. The summed E-state index contributed by atoms with van der Waals surface area (Å²) < 4.78 is 26.6. The minimum atomic E-state index is -1.00. The third kappa shape index (κ3) is 733. The van der Waals surface area contributed by atoms with Gasteiger partial charge in [-0.3, -0.25) is 9.20 Å². The molecule has 228 valence electrons. The highest BCUT2D eigenvalue weighted by Crippen LogP contribution is 2.18. The number of nitrogens with zero attached hydrogens (tertiary/aromatic N) is 2. The zero-order chi connectivity index (χ0) is 32.6. The zero-order valence-electron chi connectivity index (χ0n) is 28.2. The number of hydrogen-bond donors (Lipinski definition) is 0. The number of aliphatic imine (C=N–C) groups is 1. The largest absolute Gasteiger partial charge is 0.379 e. The van der Waals surface area contributed by atoms with Crippen LogP contribution < -0.4 is 0 Å². The molecule has 0 aromatic rings. The van der Waals surface area contributed by atoms with E-state index in [1.807, 2.05) is 60.2 Å². The van der Waals surface area contributed by atoms with Crippen molar-refractivity contribution in [2.24, 2.45) is 4.99 Å². The van der Waals surface area contributed by atoms with E-state index in [-0.39, 0.29) is 11.4 Å². The summed E-state index contributed by atoms with van der Waals surface area (Å²) in [5.74, 6) is 0.167. The summed E-state index contributed by atoms with van der Waals surface area (Å²) in [4.78, 5) is 14.2. The molecule has 0 unspecified atom stereocenters. The molecule has 0 saturated carbocycles. The van der Waals surface area contributed by atoms with Crippen LogP contribution in [0.15, 0.2) is 4.99 Å². The van der Waals surface area contributed by atoms with Crippen molar-refractivity contribution in [1.82, 2.24) is 0 Å². The standard InChI is InChI=1S/C5H12O.C5H12S.C4H9F.C4H9N.C3H6O.C3H6S.C2H3N.C2H6OS/c2*1-5(2,3)6-4;1-4(2,3)5;1-4(2)5-3;2*1-3(2)4;1-2-3;1-4(2)3/h2*1-4H3;2*1-3H3;2*1-2H3;1H3;1-2H3. The van der Waals surface area contributed by atoms with Gasteiger partial charge in [-0.1, -0.05) is 33.0 Å². The van der Waals surface area contributed by atoms with Crippen LogP contribution in [0.1, 0.15) is 111 Å². The molecule has 0 aliphatic rings. The molecule has 5 nitrogen and oxygen atoms in total. The Bertz CT molecular complexity index is 519. The quantitative estimate of drug-likeness (QED) is 0.207. The fraction of sp³-hybridized carbons (Fsp3) is 0.857. The van der Waals surface area contributed by atoms with Gasteiger partial charge in [0.1, 0.15) is 11.5 Å². The number of ether oxygens (including phenoxy) is 1. The Kier molecular flexibility index (Phi) is 57.2. The molecule has 0 aromatic carbocycles. The first kappa shape index (κ1) is 56.5. The van der Waals surface area contributed by atoms with Crippen molar-refractivity contribution in [2.75, 3.05) is 32.9 Å². The minimum Gasteiger partial charge on any atom is -0.379 e. The Labute approximate surface area is 244 Å². The van der Waals surface area contributed by atoms with E-state index in [2.05, 4.69) is 44.2 Å². The Balaban J connectivity index is -0.0000000437. The first-order valence-electron chi connectivity index (χ1n) is 11.7. The van der Waals surface area contributed by atoms with Crippen molar-refractivity contribution < 1.29 is 18.1 Å². The second-order valence-electron chi connectivity index (χ2n) is 10.7. The lowest BCUT2D eigenvalue weighted by atomic mass is 10.2. The second kappa shape index (κ2) is 37.5. The lowest BCUT2D eigenvalue weighted by Crippen LogP contribution is -2.15. The summed E-state index contributed by atoms with van der Waals surface area (Å²) in [6.45, 7) is 29.5. The number of carbonyl (C=O) groups excluding carboxylic acids is 1. The molecule has 37 heavy (non-hydrogen) atoms. The molecule has 0 rings (SSSR count). The van der Waals surface area contributed by atoms with Crippen molar-refractivity contribution in [3.63, 3.8) is 0 Å². The maximum absolute atomic E-state index is 11.7. The number of thiocarbonyl (C=S) groups is 1. The Morgan fingerprint density at radius 3 is 1.03 bits per heavy atom. The van der Waals surface area contributed by atoms with Crippen LogP contribution in [-0.4, -0.2) is 69.5 Å². The molecule has 0 saturated heterocycles. The zero-order valence-corrected chi connectivity index (χ0v) is 30.7. The average molecular weight is 591 g/mol. The normalized spacial score (nSPS) is 9.03. The molecule has 0 amide bonds. The molecule has 0 heterocycles. The number of rotatable bonds is 0. The fourth-order valence-corrected chi connectivity index (χ4v) is 0. The smallest absolute Gasteiger partial charge is 0.126 e. The number of halogens is 1. The molecular weight excluding hydrogens is 528 g/mol. The first-order valence-corrected chi connectivity index (χ1v) is 15.3. The summed E-state index contributed by atoms with van der Waals surface area (Å²) in [5, 5.41) is 7.32. The van der Waals surface area contributed by atoms with Crippen LogP contribution in [-0.2, 0) is 20.3 Å². The summed E-state index contributed by atoms with van der Waals surface area (Å²) in [6, 6.07) is 1.75. The third-order valence-corrected chi connectivity index (χ3v) is 2.90. The third-order valence-electron chi connectivity index (χ3n) is 1.67. The molecule has 0 fully saturated rings. The van der Waals surface area contributed by atoms with Gasteiger partial charge in [0.2, 0.25) is 0 Å². The maximum atomic E-state index is 11.7. The molecule has 9 heteroatoms. The van der Waals surface area contributed by atoms with E-state index in [9.17, 15) is 13.4 Å². The lowest BCUT2D eigenvalue weighted by Gasteiger charge is -2.14. The highest BCUT2D eigenvalue weighted by atomic mass is 32.2. The number of ketones is 1. The maximum Gasteiger partial charge on any atom is 0.126 e. The van der Waals surface area contributed by atoms with Crippen molar-refractivity contribution in [2.45, 2.75) is 127 Å². The summed E-state index contributed by atoms with van der Waals surface area (Å²) >= 11 is 6.42. The monoisotopic (exact) mass is 590 g/mol. The number of alkyl halides is 1. The highest BCUT2D eigenvalue weighted by molar-refractivity contribution is 7.99. The van der Waals surface area contributed by atoms with Gasteiger partial charge in [0, 0.05) is 54.9 Å².